The van der Waals surface area contributed by atoms with Crippen LogP contribution in [0.25, 0.3) is 5.57 Å². The van der Waals surface area contributed by atoms with Gasteiger partial charge in [0.15, 0.2) is 0 Å². The number of amides is 2. The number of alkyl halides is 3. The van der Waals surface area contributed by atoms with Crippen LogP contribution >= 0.6 is 0 Å². The minimum absolute atomic E-state index is 0.122. The zero-order valence-electron chi connectivity index (χ0n) is 12.8. The monoisotopic (exact) mass is 339 g/mol. The van der Waals surface area contributed by atoms with Gasteiger partial charge in [-0.2, -0.15) is 13.2 Å². The van der Waals surface area contributed by atoms with Gasteiger partial charge in [0.1, 0.15) is 0 Å². The molecule has 128 valence electrons. The second kappa shape index (κ2) is 6.39. The molecule has 0 N–H and O–H groups in total. The van der Waals surface area contributed by atoms with Gasteiger partial charge in [-0.05, 0) is 30.4 Å². The maximum absolute atomic E-state index is 13.1. The minimum atomic E-state index is -4.59. The fourth-order valence-electron chi connectivity index (χ4n) is 3.03. The van der Waals surface area contributed by atoms with Crippen molar-refractivity contribution in [3.05, 3.63) is 41.5 Å². The van der Waals surface area contributed by atoms with Gasteiger partial charge in [-0.3, -0.25) is 14.5 Å². The quantitative estimate of drug-likeness (QED) is 0.796. The summed E-state index contributed by atoms with van der Waals surface area (Å²) in [5.74, 6) is -1.10. The highest BCUT2D eigenvalue weighted by Gasteiger charge is 2.39. The van der Waals surface area contributed by atoms with Gasteiger partial charge < -0.3 is 4.74 Å². The van der Waals surface area contributed by atoms with Crippen molar-refractivity contribution in [3.8, 4) is 0 Å². The number of benzene rings is 1. The summed E-state index contributed by atoms with van der Waals surface area (Å²) in [5.41, 5.74) is -1.36. The molecule has 0 bridgehead atoms. The van der Waals surface area contributed by atoms with Gasteiger partial charge in [-0.25, -0.2) is 0 Å². The number of ether oxygens (including phenoxy) is 1. The zero-order valence-corrected chi connectivity index (χ0v) is 12.8. The van der Waals surface area contributed by atoms with Crippen LogP contribution in [0.15, 0.2) is 30.3 Å². The Morgan fingerprint density at radius 1 is 1.12 bits per heavy atom. The summed E-state index contributed by atoms with van der Waals surface area (Å²) >= 11 is 0. The Labute approximate surface area is 136 Å². The third-order valence-corrected chi connectivity index (χ3v) is 4.31. The Bertz CT molecular complexity index is 691. The number of nitrogens with zero attached hydrogens (tertiary/aromatic N) is 1. The third kappa shape index (κ3) is 3.21. The molecule has 2 heterocycles. The number of carbonyl (C=O) groups excluding carboxylic acids is 2. The molecule has 1 aromatic carbocycles. The van der Waals surface area contributed by atoms with Crippen LogP contribution in [0.4, 0.5) is 13.2 Å². The molecule has 0 saturated carbocycles. The molecule has 7 heteroatoms. The number of hydrogen-bond acceptors (Lipinski definition) is 3. The lowest BCUT2D eigenvalue weighted by Crippen LogP contribution is -2.37. The van der Waals surface area contributed by atoms with Crippen molar-refractivity contribution >= 4 is 17.4 Å². The third-order valence-electron chi connectivity index (χ3n) is 4.31. The van der Waals surface area contributed by atoms with Gasteiger partial charge >= 0.3 is 6.18 Å². The molecular weight excluding hydrogens is 323 g/mol. The standard InChI is InChI=1S/C17H16F3NO3/c18-17(19,20)14-4-2-1-3-12(14)13-9-15(22)21(16(13)23)10-11-5-7-24-8-6-11/h1-4,9,11H,5-8,10H2. The topological polar surface area (TPSA) is 46.6 Å². The number of halogens is 3. The van der Waals surface area contributed by atoms with Crippen LogP contribution in [0.2, 0.25) is 0 Å². The van der Waals surface area contributed by atoms with Crippen LogP contribution < -0.4 is 0 Å². The van der Waals surface area contributed by atoms with E-state index < -0.39 is 23.6 Å². The average Bonchev–Trinajstić information content (AvgIpc) is 2.83. The second-order valence-corrected chi connectivity index (χ2v) is 5.91. The predicted molar refractivity (Wildman–Crippen MR) is 79.7 cm³/mol. The Morgan fingerprint density at radius 3 is 2.46 bits per heavy atom. The van der Waals surface area contributed by atoms with Gasteiger partial charge in [0, 0.05) is 25.8 Å². The molecule has 1 saturated heterocycles. The Balaban J connectivity index is 1.85. The molecule has 2 aliphatic heterocycles. The molecule has 0 spiro atoms. The van der Waals surface area contributed by atoms with E-state index in [0.717, 1.165) is 29.9 Å². The van der Waals surface area contributed by atoms with E-state index in [-0.39, 0.29) is 23.6 Å². The van der Waals surface area contributed by atoms with E-state index in [1.807, 2.05) is 0 Å². The molecule has 24 heavy (non-hydrogen) atoms. The van der Waals surface area contributed by atoms with Crippen molar-refractivity contribution in [2.75, 3.05) is 19.8 Å². The van der Waals surface area contributed by atoms with Crippen LogP contribution in [-0.4, -0.2) is 36.5 Å². The van der Waals surface area contributed by atoms with E-state index >= 15 is 0 Å². The summed E-state index contributed by atoms with van der Waals surface area (Å²) in [4.78, 5) is 25.7. The van der Waals surface area contributed by atoms with Gasteiger partial charge in [0.05, 0.1) is 11.1 Å². The normalized spacial score (nSPS) is 19.8. The van der Waals surface area contributed by atoms with E-state index in [0.29, 0.717) is 13.2 Å². The number of imide groups is 1. The molecule has 4 nitrogen and oxygen atoms in total. The van der Waals surface area contributed by atoms with Crippen molar-refractivity contribution < 1.29 is 27.5 Å². The van der Waals surface area contributed by atoms with Crippen LogP contribution in [0.3, 0.4) is 0 Å². The molecule has 2 amide bonds. The first-order chi connectivity index (χ1) is 11.4. The van der Waals surface area contributed by atoms with Gasteiger partial charge in [0.2, 0.25) is 0 Å². The Morgan fingerprint density at radius 2 is 1.79 bits per heavy atom. The van der Waals surface area contributed by atoms with E-state index in [2.05, 4.69) is 0 Å². The molecule has 3 rings (SSSR count). The smallest absolute Gasteiger partial charge is 0.381 e. The van der Waals surface area contributed by atoms with Crippen molar-refractivity contribution in [1.82, 2.24) is 4.90 Å². The Hall–Kier alpha value is -2.15. The largest absolute Gasteiger partial charge is 0.417 e. The average molecular weight is 339 g/mol. The van der Waals surface area contributed by atoms with Crippen molar-refractivity contribution in [1.29, 1.82) is 0 Å². The van der Waals surface area contributed by atoms with E-state index in [9.17, 15) is 22.8 Å². The predicted octanol–water partition coefficient (Wildman–Crippen LogP) is 2.88. The lowest BCUT2D eigenvalue weighted by atomic mass is 9.98. The molecule has 2 aliphatic rings. The van der Waals surface area contributed by atoms with E-state index in [4.69, 9.17) is 4.74 Å². The van der Waals surface area contributed by atoms with Crippen molar-refractivity contribution in [3.63, 3.8) is 0 Å². The maximum Gasteiger partial charge on any atom is 0.417 e. The van der Waals surface area contributed by atoms with Crippen LogP contribution in [0.5, 0.6) is 0 Å². The summed E-state index contributed by atoms with van der Waals surface area (Å²) in [6.07, 6.45) is -2.13. The van der Waals surface area contributed by atoms with Crippen LogP contribution in [0.1, 0.15) is 24.0 Å². The lowest BCUT2D eigenvalue weighted by Gasteiger charge is -2.26. The van der Waals surface area contributed by atoms with Crippen LogP contribution in [0, 0.1) is 5.92 Å². The van der Waals surface area contributed by atoms with Crippen LogP contribution in [-0.2, 0) is 20.5 Å². The molecule has 0 aliphatic carbocycles. The molecule has 1 fully saturated rings. The maximum atomic E-state index is 13.1. The summed E-state index contributed by atoms with van der Waals surface area (Å²) in [6, 6.07) is 4.81. The molecule has 0 aromatic heterocycles. The summed E-state index contributed by atoms with van der Waals surface area (Å²) < 4.78 is 44.7. The minimum Gasteiger partial charge on any atom is -0.381 e. The van der Waals surface area contributed by atoms with Gasteiger partial charge in [-0.1, -0.05) is 18.2 Å². The highest BCUT2D eigenvalue weighted by atomic mass is 19.4. The first-order valence-electron chi connectivity index (χ1n) is 7.70. The zero-order chi connectivity index (χ0) is 17.3. The van der Waals surface area contributed by atoms with E-state index in [1.54, 1.807) is 0 Å². The van der Waals surface area contributed by atoms with Gasteiger partial charge in [-0.15, -0.1) is 0 Å². The molecule has 0 radical (unpaired) electrons. The summed E-state index contributed by atoms with van der Waals surface area (Å²) in [5, 5.41) is 0. The Kier molecular flexibility index (Phi) is 4.45. The van der Waals surface area contributed by atoms with E-state index in [1.165, 1.54) is 18.2 Å². The summed E-state index contributed by atoms with van der Waals surface area (Å²) in [7, 11) is 0. The SMILES string of the molecule is O=C1C=C(c2ccccc2C(F)(F)F)C(=O)N1CC1CCOCC1. The summed E-state index contributed by atoms with van der Waals surface area (Å²) in [6.45, 7) is 1.35. The number of hydrogen-bond donors (Lipinski definition) is 0. The lowest BCUT2D eigenvalue weighted by molar-refractivity contribution is -0.137. The first kappa shape index (κ1) is 16.7. The number of carbonyl (C=O) groups is 2. The molecule has 0 unspecified atom stereocenters. The highest BCUT2D eigenvalue weighted by molar-refractivity contribution is 6.33. The molecule has 0 atom stereocenters. The van der Waals surface area contributed by atoms with Crippen molar-refractivity contribution in [2.45, 2.75) is 19.0 Å². The highest BCUT2D eigenvalue weighted by Crippen LogP contribution is 2.37. The molecular formula is C17H16F3NO3. The van der Waals surface area contributed by atoms with Gasteiger partial charge in [0.25, 0.3) is 11.8 Å². The fraction of sp³-hybridized carbons (Fsp3) is 0.412. The first-order valence-corrected chi connectivity index (χ1v) is 7.70. The second-order valence-electron chi connectivity index (χ2n) is 5.91. The fourth-order valence-corrected chi connectivity index (χ4v) is 3.03. The number of rotatable bonds is 3. The van der Waals surface area contributed by atoms with Crippen molar-refractivity contribution in [2.24, 2.45) is 5.92 Å². The molecule has 1 aromatic rings.